The Hall–Kier alpha value is -1.30. The van der Waals surface area contributed by atoms with Crippen LogP contribution in [0.25, 0.3) is 0 Å². The molecule has 3 rings (SSSR count). The number of amides is 3. The number of benzene rings is 1. The van der Waals surface area contributed by atoms with Gasteiger partial charge in [-0.2, -0.15) is 0 Å². The molecule has 1 aliphatic carbocycles. The van der Waals surface area contributed by atoms with Gasteiger partial charge in [-0.05, 0) is 43.9 Å². The summed E-state index contributed by atoms with van der Waals surface area (Å²) in [6.45, 7) is 1.59. The van der Waals surface area contributed by atoms with Crippen LogP contribution in [0.2, 0.25) is 10.0 Å². The van der Waals surface area contributed by atoms with E-state index in [0.29, 0.717) is 15.6 Å². The van der Waals surface area contributed by atoms with Crippen molar-refractivity contribution >= 4 is 35.1 Å². The van der Waals surface area contributed by atoms with Crippen LogP contribution in [0, 0.1) is 5.92 Å². The molecular weight excluding hydrogens is 327 g/mol. The van der Waals surface area contributed by atoms with Crippen LogP contribution in [0.15, 0.2) is 18.2 Å². The maximum absolute atomic E-state index is 12.5. The molecule has 7 heteroatoms. The first-order valence-corrected chi connectivity index (χ1v) is 7.85. The summed E-state index contributed by atoms with van der Waals surface area (Å²) in [5, 5.41) is 13.8. The first-order valence-electron chi connectivity index (χ1n) is 7.10. The molecule has 1 saturated heterocycles. The van der Waals surface area contributed by atoms with Gasteiger partial charge >= 0.3 is 6.03 Å². The number of β-amino-alcohol motifs (C(OH)–C–C–N with tert-alkyl or cyclic N) is 1. The lowest BCUT2D eigenvalue weighted by atomic mass is 9.96. The van der Waals surface area contributed by atoms with Crippen LogP contribution in [-0.2, 0) is 4.79 Å². The van der Waals surface area contributed by atoms with Gasteiger partial charge in [-0.15, -0.1) is 0 Å². The molecule has 1 aliphatic heterocycles. The second-order valence-corrected chi connectivity index (χ2v) is 6.85. The van der Waals surface area contributed by atoms with Crippen LogP contribution in [0.3, 0.4) is 0 Å². The van der Waals surface area contributed by atoms with E-state index in [4.69, 9.17) is 23.2 Å². The van der Waals surface area contributed by atoms with Crippen LogP contribution in [-0.4, -0.2) is 34.0 Å². The first kappa shape index (κ1) is 15.6. The molecule has 22 heavy (non-hydrogen) atoms. The summed E-state index contributed by atoms with van der Waals surface area (Å²) >= 11 is 11.9. The second-order valence-electron chi connectivity index (χ2n) is 6.00. The SMILES string of the molecule is C[C@@]1(C2CC2)NC(=O)N(C[C@H](O)c2cc(Cl)ccc2Cl)C1=O. The van der Waals surface area contributed by atoms with Gasteiger partial charge in [0, 0.05) is 15.6 Å². The molecule has 0 unspecified atom stereocenters. The molecule has 118 valence electrons. The Morgan fingerprint density at radius 3 is 2.73 bits per heavy atom. The van der Waals surface area contributed by atoms with Gasteiger partial charge < -0.3 is 10.4 Å². The Labute approximate surface area is 138 Å². The summed E-state index contributed by atoms with van der Waals surface area (Å²) in [5.41, 5.74) is -0.454. The smallest absolute Gasteiger partial charge is 0.325 e. The predicted octanol–water partition coefficient (Wildman–Crippen LogP) is 2.75. The molecule has 1 aromatic carbocycles. The third kappa shape index (κ3) is 2.57. The fourth-order valence-corrected chi connectivity index (χ4v) is 3.28. The maximum atomic E-state index is 12.5. The van der Waals surface area contributed by atoms with E-state index in [1.807, 2.05) is 0 Å². The first-order chi connectivity index (χ1) is 10.3. The number of hydrogen-bond donors (Lipinski definition) is 2. The number of carbonyl (C=O) groups excluding carboxylic acids is 2. The quantitative estimate of drug-likeness (QED) is 0.826. The molecule has 2 fully saturated rings. The van der Waals surface area contributed by atoms with Crippen molar-refractivity contribution in [1.29, 1.82) is 0 Å². The van der Waals surface area contributed by atoms with Crippen molar-refractivity contribution in [3.8, 4) is 0 Å². The normalized spacial score (nSPS) is 26.3. The minimum absolute atomic E-state index is 0.146. The number of halogens is 2. The van der Waals surface area contributed by atoms with Crippen molar-refractivity contribution in [3.63, 3.8) is 0 Å². The summed E-state index contributed by atoms with van der Waals surface area (Å²) < 4.78 is 0. The second kappa shape index (κ2) is 5.41. The number of nitrogens with one attached hydrogen (secondary N) is 1. The van der Waals surface area contributed by atoms with Gasteiger partial charge in [0.1, 0.15) is 5.54 Å². The van der Waals surface area contributed by atoms with Crippen LogP contribution in [0.4, 0.5) is 4.79 Å². The van der Waals surface area contributed by atoms with Gasteiger partial charge in [-0.25, -0.2) is 4.79 Å². The minimum Gasteiger partial charge on any atom is -0.386 e. The van der Waals surface area contributed by atoms with E-state index in [-0.39, 0.29) is 18.4 Å². The van der Waals surface area contributed by atoms with E-state index in [2.05, 4.69) is 5.32 Å². The van der Waals surface area contributed by atoms with Crippen molar-refractivity contribution in [2.24, 2.45) is 5.92 Å². The third-order valence-corrected chi connectivity index (χ3v) is 4.95. The molecule has 2 N–H and O–H groups in total. The fourth-order valence-electron chi connectivity index (χ4n) is 2.86. The zero-order valence-electron chi connectivity index (χ0n) is 12.0. The largest absolute Gasteiger partial charge is 0.386 e. The van der Waals surface area contributed by atoms with E-state index in [9.17, 15) is 14.7 Å². The lowest BCUT2D eigenvalue weighted by Crippen LogP contribution is -2.46. The summed E-state index contributed by atoms with van der Waals surface area (Å²) in [4.78, 5) is 25.6. The van der Waals surface area contributed by atoms with Crippen LogP contribution in [0.5, 0.6) is 0 Å². The minimum atomic E-state index is -1.08. The van der Waals surface area contributed by atoms with Crippen LogP contribution in [0.1, 0.15) is 31.4 Å². The zero-order valence-corrected chi connectivity index (χ0v) is 13.5. The third-order valence-electron chi connectivity index (χ3n) is 4.37. The van der Waals surface area contributed by atoms with Gasteiger partial charge in [0.2, 0.25) is 0 Å². The summed E-state index contributed by atoms with van der Waals surface area (Å²) in [5.74, 6) is -0.113. The molecule has 1 saturated carbocycles. The van der Waals surface area contributed by atoms with Gasteiger partial charge in [0.05, 0.1) is 12.6 Å². The van der Waals surface area contributed by atoms with Crippen molar-refractivity contribution in [2.75, 3.05) is 6.54 Å². The molecule has 1 heterocycles. The molecule has 0 aromatic heterocycles. The standard InChI is InChI=1S/C15H16Cl2N2O3/c1-15(8-2-3-8)13(21)19(14(22)18-15)7-12(20)10-6-9(16)4-5-11(10)17/h4-6,8,12,20H,2-3,7H2,1H3,(H,18,22)/t12-,15-/m0/s1. The van der Waals surface area contributed by atoms with E-state index in [0.717, 1.165) is 17.7 Å². The highest BCUT2D eigenvalue weighted by Gasteiger charge is 2.56. The molecule has 2 atom stereocenters. The van der Waals surface area contributed by atoms with Crippen molar-refractivity contribution in [2.45, 2.75) is 31.4 Å². The number of nitrogens with zero attached hydrogens (tertiary/aromatic N) is 1. The van der Waals surface area contributed by atoms with Gasteiger partial charge in [-0.3, -0.25) is 9.69 Å². The lowest BCUT2D eigenvalue weighted by molar-refractivity contribution is -0.132. The Bertz CT molecular complexity index is 648. The van der Waals surface area contributed by atoms with Crippen molar-refractivity contribution in [3.05, 3.63) is 33.8 Å². The molecule has 2 aliphatic rings. The summed E-state index contributed by atoms with van der Waals surface area (Å²) in [6, 6.07) is 4.24. The molecule has 1 aromatic rings. The van der Waals surface area contributed by atoms with Crippen LogP contribution >= 0.6 is 23.2 Å². The lowest BCUT2D eigenvalue weighted by Gasteiger charge is -2.22. The monoisotopic (exact) mass is 342 g/mol. The molecule has 0 bridgehead atoms. The van der Waals surface area contributed by atoms with E-state index in [1.165, 1.54) is 6.07 Å². The Morgan fingerprint density at radius 2 is 2.09 bits per heavy atom. The molecule has 0 radical (unpaired) electrons. The highest BCUT2D eigenvalue weighted by Crippen LogP contribution is 2.43. The Kier molecular flexibility index (Phi) is 3.83. The number of rotatable bonds is 4. The van der Waals surface area contributed by atoms with E-state index < -0.39 is 17.7 Å². The fraction of sp³-hybridized carbons (Fsp3) is 0.467. The number of aliphatic hydroxyl groups is 1. The Morgan fingerprint density at radius 1 is 1.41 bits per heavy atom. The number of imide groups is 1. The van der Waals surface area contributed by atoms with Gasteiger partial charge in [0.25, 0.3) is 5.91 Å². The summed E-state index contributed by atoms with van der Waals surface area (Å²) in [6.07, 6.45) is 0.778. The van der Waals surface area contributed by atoms with Crippen molar-refractivity contribution in [1.82, 2.24) is 10.2 Å². The molecule has 0 spiro atoms. The maximum Gasteiger partial charge on any atom is 0.325 e. The van der Waals surface area contributed by atoms with Gasteiger partial charge in [-0.1, -0.05) is 23.2 Å². The van der Waals surface area contributed by atoms with Gasteiger partial charge in [0.15, 0.2) is 0 Å². The predicted molar refractivity (Wildman–Crippen MR) is 82.8 cm³/mol. The average Bonchev–Trinajstić information content (AvgIpc) is 3.28. The van der Waals surface area contributed by atoms with Crippen LogP contribution < -0.4 is 5.32 Å². The summed E-state index contributed by atoms with van der Waals surface area (Å²) in [7, 11) is 0. The highest BCUT2D eigenvalue weighted by molar-refractivity contribution is 6.33. The Balaban J connectivity index is 1.79. The van der Waals surface area contributed by atoms with E-state index >= 15 is 0 Å². The number of carbonyl (C=O) groups is 2. The number of aliphatic hydroxyl groups excluding tert-OH is 1. The zero-order chi connectivity index (χ0) is 16.1. The molecular formula is C15H16Cl2N2O3. The number of hydrogen-bond acceptors (Lipinski definition) is 3. The highest BCUT2D eigenvalue weighted by atomic mass is 35.5. The number of urea groups is 1. The van der Waals surface area contributed by atoms with E-state index in [1.54, 1.807) is 19.1 Å². The average molecular weight is 343 g/mol. The van der Waals surface area contributed by atoms with Crippen molar-refractivity contribution < 1.29 is 14.7 Å². The molecule has 3 amide bonds. The molecule has 5 nitrogen and oxygen atoms in total. The topological polar surface area (TPSA) is 69.6 Å².